The molecule has 0 spiro atoms. The second-order valence-corrected chi connectivity index (χ2v) is 5.30. The van der Waals surface area contributed by atoms with Gasteiger partial charge in [0.25, 0.3) is 0 Å². The van der Waals surface area contributed by atoms with Crippen molar-refractivity contribution in [1.29, 1.82) is 0 Å². The summed E-state index contributed by atoms with van der Waals surface area (Å²) in [7, 11) is 1.89. The van der Waals surface area contributed by atoms with Gasteiger partial charge in [-0.2, -0.15) is 0 Å². The SMILES string of the molecule is CNc1cc(C)c2oc(-c3ccc(C)cc3Cl)nc2c1. The van der Waals surface area contributed by atoms with Crippen LogP contribution >= 0.6 is 11.6 Å². The second kappa shape index (κ2) is 4.84. The zero-order valence-electron chi connectivity index (χ0n) is 11.6. The summed E-state index contributed by atoms with van der Waals surface area (Å²) in [4.78, 5) is 4.55. The number of aromatic nitrogens is 1. The molecule has 1 N–H and O–H groups in total. The lowest BCUT2D eigenvalue weighted by molar-refractivity contribution is 0.617. The molecule has 0 aliphatic heterocycles. The minimum Gasteiger partial charge on any atom is -0.436 e. The highest BCUT2D eigenvalue weighted by molar-refractivity contribution is 6.33. The summed E-state index contributed by atoms with van der Waals surface area (Å²) < 4.78 is 5.88. The Morgan fingerprint density at radius 1 is 1.15 bits per heavy atom. The van der Waals surface area contributed by atoms with Gasteiger partial charge >= 0.3 is 0 Å². The first-order chi connectivity index (χ1) is 9.58. The summed E-state index contributed by atoms with van der Waals surface area (Å²) in [6.07, 6.45) is 0. The van der Waals surface area contributed by atoms with Crippen molar-refractivity contribution in [1.82, 2.24) is 4.98 Å². The maximum atomic E-state index is 6.28. The molecule has 0 atom stereocenters. The maximum absolute atomic E-state index is 6.28. The van der Waals surface area contributed by atoms with Gasteiger partial charge in [0.1, 0.15) is 5.52 Å². The standard InChI is InChI=1S/C16H15ClN2O/c1-9-4-5-12(13(17)6-9)16-19-14-8-11(18-3)7-10(2)15(14)20-16/h4-8,18H,1-3H3. The molecule has 0 aliphatic rings. The van der Waals surface area contributed by atoms with Crippen LogP contribution in [-0.4, -0.2) is 12.0 Å². The monoisotopic (exact) mass is 286 g/mol. The van der Waals surface area contributed by atoms with Gasteiger partial charge in [0.2, 0.25) is 5.89 Å². The molecule has 0 aliphatic carbocycles. The fourth-order valence-corrected chi connectivity index (χ4v) is 2.57. The van der Waals surface area contributed by atoms with E-state index in [1.807, 2.05) is 51.2 Å². The molecule has 0 saturated carbocycles. The molecule has 2 aromatic carbocycles. The molecule has 3 nitrogen and oxygen atoms in total. The molecule has 3 aromatic rings. The summed E-state index contributed by atoms with van der Waals surface area (Å²) >= 11 is 6.28. The van der Waals surface area contributed by atoms with E-state index in [-0.39, 0.29) is 0 Å². The molecule has 4 heteroatoms. The molecule has 0 saturated heterocycles. The number of nitrogens with zero attached hydrogens (tertiary/aromatic N) is 1. The van der Waals surface area contributed by atoms with Crippen molar-refractivity contribution in [3.05, 3.63) is 46.5 Å². The Morgan fingerprint density at radius 2 is 1.95 bits per heavy atom. The molecule has 3 rings (SSSR count). The molecule has 0 fully saturated rings. The topological polar surface area (TPSA) is 38.1 Å². The Bertz CT molecular complexity index is 793. The van der Waals surface area contributed by atoms with E-state index in [0.717, 1.165) is 33.5 Å². The molecule has 0 radical (unpaired) electrons. The number of benzene rings is 2. The number of oxazole rings is 1. The van der Waals surface area contributed by atoms with Crippen molar-refractivity contribution >= 4 is 28.4 Å². The van der Waals surface area contributed by atoms with Crippen LogP contribution in [0.5, 0.6) is 0 Å². The molecule has 1 heterocycles. The predicted molar refractivity (Wildman–Crippen MR) is 83.5 cm³/mol. The normalized spacial score (nSPS) is 11.0. The fraction of sp³-hybridized carbons (Fsp3) is 0.188. The number of nitrogens with one attached hydrogen (secondary N) is 1. The zero-order valence-corrected chi connectivity index (χ0v) is 12.4. The van der Waals surface area contributed by atoms with Crippen LogP contribution in [0.15, 0.2) is 34.7 Å². The molecule has 20 heavy (non-hydrogen) atoms. The van der Waals surface area contributed by atoms with Gasteiger partial charge in [0, 0.05) is 12.7 Å². The van der Waals surface area contributed by atoms with Gasteiger partial charge in [-0.05, 0) is 49.2 Å². The molecule has 0 unspecified atom stereocenters. The highest BCUT2D eigenvalue weighted by Crippen LogP contribution is 2.32. The van der Waals surface area contributed by atoms with Crippen LogP contribution in [-0.2, 0) is 0 Å². The van der Waals surface area contributed by atoms with Crippen LogP contribution in [0, 0.1) is 13.8 Å². The average molecular weight is 287 g/mol. The van der Waals surface area contributed by atoms with Gasteiger partial charge in [0.05, 0.1) is 10.6 Å². The third-order valence-electron chi connectivity index (χ3n) is 3.32. The maximum Gasteiger partial charge on any atom is 0.228 e. The van der Waals surface area contributed by atoms with Gasteiger partial charge in [-0.1, -0.05) is 17.7 Å². The minimum absolute atomic E-state index is 0.557. The van der Waals surface area contributed by atoms with Gasteiger partial charge in [-0.15, -0.1) is 0 Å². The van der Waals surface area contributed by atoms with E-state index < -0.39 is 0 Å². The van der Waals surface area contributed by atoms with Crippen LogP contribution in [0.1, 0.15) is 11.1 Å². The molecule has 1 aromatic heterocycles. The number of fused-ring (bicyclic) bond motifs is 1. The van der Waals surface area contributed by atoms with Crippen LogP contribution < -0.4 is 5.32 Å². The van der Waals surface area contributed by atoms with E-state index in [1.165, 1.54) is 0 Å². The number of halogens is 1. The van der Waals surface area contributed by atoms with Gasteiger partial charge in [-0.3, -0.25) is 0 Å². The van der Waals surface area contributed by atoms with Gasteiger partial charge in [-0.25, -0.2) is 4.98 Å². The van der Waals surface area contributed by atoms with Crippen molar-refractivity contribution in [3.63, 3.8) is 0 Å². The third-order valence-corrected chi connectivity index (χ3v) is 3.63. The van der Waals surface area contributed by atoms with E-state index >= 15 is 0 Å². The van der Waals surface area contributed by atoms with Crippen LogP contribution in [0.2, 0.25) is 5.02 Å². The predicted octanol–water partition coefficient (Wildman–Crippen LogP) is 4.81. The summed E-state index contributed by atoms with van der Waals surface area (Å²) in [6, 6.07) is 9.86. The van der Waals surface area contributed by atoms with E-state index in [9.17, 15) is 0 Å². The number of hydrogen-bond donors (Lipinski definition) is 1. The van der Waals surface area contributed by atoms with Crippen molar-refractivity contribution < 1.29 is 4.42 Å². The van der Waals surface area contributed by atoms with Crippen LogP contribution in [0.4, 0.5) is 5.69 Å². The Morgan fingerprint density at radius 3 is 2.65 bits per heavy atom. The molecule has 0 bridgehead atoms. The van der Waals surface area contributed by atoms with E-state index in [1.54, 1.807) is 0 Å². The van der Waals surface area contributed by atoms with Crippen molar-refractivity contribution in [2.75, 3.05) is 12.4 Å². The molecular formula is C16H15ClN2O. The first-order valence-electron chi connectivity index (χ1n) is 6.44. The highest BCUT2D eigenvalue weighted by Gasteiger charge is 2.13. The summed E-state index contributed by atoms with van der Waals surface area (Å²) in [6.45, 7) is 4.01. The van der Waals surface area contributed by atoms with Crippen molar-refractivity contribution in [3.8, 4) is 11.5 Å². The number of anilines is 1. The van der Waals surface area contributed by atoms with E-state index in [4.69, 9.17) is 16.0 Å². The molecule has 0 amide bonds. The lowest BCUT2D eigenvalue weighted by atomic mass is 10.1. The summed E-state index contributed by atoms with van der Waals surface area (Å²) in [5.41, 5.74) is 5.64. The van der Waals surface area contributed by atoms with Gasteiger partial charge in [0.15, 0.2) is 5.58 Å². The lowest BCUT2D eigenvalue weighted by Crippen LogP contribution is -1.88. The smallest absolute Gasteiger partial charge is 0.228 e. The number of aryl methyl sites for hydroxylation is 2. The first kappa shape index (κ1) is 13.0. The highest BCUT2D eigenvalue weighted by atomic mass is 35.5. The molecular weight excluding hydrogens is 272 g/mol. The minimum atomic E-state index is 0.557. The molecule has 102 valence electrons. The second-order valence-electron chi connectivity index (χ2n) is 4.89. The Hall–Kier alpha value is -2.00. The largest absolute Gasteiger partial charge is 0.436 e. The Labute approximate surface area is 122 Å². The van der Waals surface area contributed by atoms with Crippen molar-refractivity contribution in [2.24, 2.45) is 0 Å². The van der Waals surface area contributed by atoms with E-state index in [2.05, 4.69) is 10.3 Å². The quantitative estimate of drug-likeness (QED) is 0.735. The summed E-state index contributed by atoms with van der Waals surface area (Å²) in [5.74, 6) is 0.557. The lowest BCUT2D eigenvalue weighted by Gasteiger charge is -2.00. The third kappa shape index (κ3) is 2.14. The van der Waals surface area contributed by atoms with Crippen molar-refractivity contribution in [2.45, 2.75) is 13.8 Å². The van der Waals surface area contributed by atoms with Crippen LogP contribution in [0.3, 0.4) is 0 Å². The first-order valence-corrected chi connectivity index (χ1v) is 6.82. The fourth-order valence-electron chi connectivity index (χ4n) is 2.25. The zero-order chi connectivity index (χ0) is 14.3. The van der Waals surface area contributed by atoms with Crippen LogP contribution in [0.25, 0.3) is 22.6 Å². The Balaban J connectivity index is 2.20. The van der Waals surface area contributed by atoms with Gasteiger partial charge < -0.3 is 9.73 Å². The number of rotatable bonds is 2. The average Bonchev–Trinajstić information content (AvgIpc) is 2.82. The van der Waals surface area contributed by atoms with E-state index in [0.29, 0.717) is 10.9 Å². The Kier molecular flexibility index (Phi) is 3.14. The number of hydrogen-bond acceptors (Lipinski definition) is 3. The summed E-state index contributed by atoms with van der Waals surface area (Å²) in [5, 5.41) is 3.78.